The number of aromatic hydroxyl groups is 1. The lowest BCUT2D eigenvalue weighted by molar-refractivity contribution is 0.0600. The van der Waals surface area contributed by atoms with Gasteiger partial charge in [0.25, 0.3) is 15.9 Å². The molecule has 0 aromatic heterocycles. The van der Waals surface area contributed by atoms with Crippen molar-refractivity contribution >= 4 is 33.3 Å². The van der Waals surface area contributed by atoms with E-state index >= 15 is 0 Å². The lowest BCUT2D eigenvalue weighted by Gasteiger charge is -2.12. The smallest absolute Gasteiger partial charge is 0.337 e. The third-order valence-electron chi connectivity index (χ3n) is 5.39. The van der Waals surface area contributed by atoms with Gasteiger partial charge in [-0.25, -0.2) is 17.6 Å². The summed E-state index contributed by atoms with van der Waals surface area (Å²) in [6.07, 6.45) is 0. The van der Waals surface area contributed by atoms with Crippen molar-refractivity contribution in [1.29, 1.82) is 0 Å². The van der Waals surface area contributed by atoms with E-state index in [-0.39, 0.29) is 22.0 Å². The molecule has 0 radical (unpaired) electrons. The van der Waals surface area contributed by atoms with Gasteiger partial charge in [0.15, 0.2) is 0 Å². The van der Waals surface area contributed by atoms with E-state index in [4.69, 9.17) is 4.74 Å². The van der Waals surface area contributed by atoms with Crippen LogP contribution in [0.25, 0.3) is 11.1 Å². The molecule has 188 valence electrons. The monoisotopic (exact) mass is 520 g/mol. The van der Waals surface area contributed by atoms with E-state index in [1.54, 1.807) is 42.5 Å². The van der Waals surface area contributed by atoms with Gasteiger partial charge in [0.05, 0.1) is 23.3 Å². The summed E-state index contributed by atoms with van der Waals surface area (Å²) in [5.74, 6) is -1.87. The Hall–Kier alpha value is -4.70. The fourth-order valence-corrected chi connectivity index (χ4v) is 4.54. The van der Waals surface area contributed by atoms with E-state index in [2.05, 4.69) is 10.0 Å². The molecule has 0 saturated carbocycles. The molecule has 0 aliphatic heterocycles. The first-order valence-corrected chi connectivity index (χ1v) is 12.4. The second-order valence-corrected chi connectivity index (χ2v) is 9.58. The topological polar surface area (TPSA) is 122 Å². The summed E-state index contributed by atoms with van der Waals surface area (Å²) in [6, 6.07) is 21.7. The van der Waals surface area contributed by atoms with Crippen LogP contribution in [-0.2, 0) is 14.8 Å². The quantitative estimate of drug-likeness (QED) is 0.178. The van der Waals surface area contributed by atoms with Crippen molar-refractivity contribution in [2.75, 3.05) is 17.1 Å². The summed E-state index contributed by atoms with van der Waals surface area (Å²) in [6.45, 7) is 0. The Morgan fingerprint density at radius 3 is 2.22 bits per heavy atom. The molecule has 0 heterocycles. The highest BCUT2D eigenvalue weighted by molar-refractivity contribution is 7.92. The molecule has 0 bridgehead atoms. The van der Waals surface area contributed by atoms with E-state index in [0.717, 1.165) is 35.4 Å². The number of carbonyl (C=O) groups excluding carboxylic acids is 2. The van der Waals surface area contributed by atoms with Crippen molar-refractivity contribution < 1.29 is 32.2 Å². The number of nitrogens with one attached hydrogen (secondary N) is 2. The molecule has 4 aromatic carbocycles. The summed E-state index contributed by atoms with van der Waals surface area (Å²) < 4.78 is 45.3. The Kier molecular flexibility index (Phi) is 7.21. The first-order chi connectivity index (χ1) is 17.7. The van der Waals surface area contributed by atoms with E-state index in [1.807, 2.05) is 6.07 Å². The van der Waals surface area contributed by atoms with E-state index < -0.39 is 27.7 Å². The Morgan fingerprint density at radius 1 is 0.838 bits per heavy atom. The summed E-state index contributed by atoms with van der Waals surface area (Å²) in [4.78, 5) is 24.4. The average Bonchev–Trinajstić information content (AvgIpc) is 2.90. The van der Waals surface area contributed by atoms with Gasteiger partial charge in [-0.2, -0.15) is 0 Å². The molecule has 8 nitrogen and oxygen atoms in total. The summed E-state index contributed by atoms with van der Waals surface area (Å²) in [5, 5.41) is 12.8. The summed E-state index contributed by atoms with van der Waals surface area (Å²) in [7, 11) is -2.80. The third-order valence-corrected chi connectivity index (χ3v) is 6.77. The van der Waals surface area contributed by atoms with Gasteiger partial charge in [-0.05, 0) is 77.9 Å². The standard InChI is InChI=1S/C27H21FN2O6S/c1-36-27(33)20-4-2-3-19(15-20)17-5-7-18(8-6-17)26(32)29-22-11-14-25(31)24(16-22)30-37(34,35)23-12-9-21(28)10-13-23/h2-16,30-31H,1H3,(H,29,32). The van der Waals surface area contributed by atoms with Crippen LogP contribution in [0, 0.1) is 5.82 Å². The Bertz CT molecular complexity index is 1570. The van der Waals surface area contributed by atoms with E-state index in [9.17, 15) is 27.5 Å². The minimum atomic E-state index is -4.11. The largest absolute Gasteiger partial charge is 0.506 e. The van der Waals surface area contributed by atoms with Gasteiger partial charge in [0.2, 0.25) is 0 Å². The van der Waals surface area contributed by atoms with Gasteiger partial charge in [0, 0.05) is 11.3 Å². The molecule has 37 heavy (non-hydrogen) atoms. The molecule has 0 spiro atoms. The number of methoxy groups -OCH3 is 1. The molecular formula is C27H21FN2O6S. The van der Waals surface area contributed by atoms with Gasteiger partial charge in [-0.15, -0.1) is 0 Å². The number of benzene rings is 4. The molecule has 4 aromatic rings. The van der Waals surface area contributed by atoms with Crippen LogP contribution in [0.3, 0.4) is 0 Å². The highest BCUT2D eigenvalue weighted by Gasteiger charge is 2.17. The van der Waals surface area contributed by atoms with Crippen LogP contribution in [-0.4, -0.2) is 32.5 Å². The molecule has 4 rings (SSSR count). The number of phenolic OH excluding ortho intramolecular Hbond substituents is 1. The average molecular weight is 521 g/mol. The van der Waals surface area contributed by atoms with Gasteiger partial charge in [-0.3, -0.25) is 9.52 Å². The fraction of sp³-hybridized carbons (Fsp3) is 0.0370. The Balaban J connectivity index is 1.49. The number of carbonyl (C=O) groups is 2. The number of esters is 1. The number of sulfonamides is 1. The third kappa shape index (κ3) is 5.93. The highest BCUT2D eigenvalue weighted by Crippen LogP contribution is 2.29. The van der Waals surface area contributed by atoms with Crippen molar-refractivity contribution in [2.45, 2.75) is 4.90 Å². The van der Waals surface area contributed by atoms with Crippen molar-refractivity contribution in [3.63, 3.8) is 0 Å². The molecule has 1 amide bonds. The zero-order valence-electron chi connectivity index (χ0n) is 19.4. The molecular weight excluding hydrogens is 499 g/mol. The van der Waals surface area contributed by atoms with Gasteiger partial charge in [0.1, 0.15) is 11.6 Å². The molecule has 0 saturated heterocycles. The molecule has 0 aliphatic carbocycles. The van der Waals surface area contributed by atoms with Gasteiger partial charge < -0.3 is 15.2 Å². The number of ether oxygens (including phenoxy) is 1. The maximum absolute atomic E-state index is 13.1. The van der Waals surface area contributed by atoms with Crippen LogP contribution in [0.5, 0.6) is 5.75 Å². The molecule has 0 aliphatic rings. The predicted octanol–water partition coefficient (Wildman–Crippen LogP) is 5.04. The summed E-state index contributed by atoms with van der Waals surface area (Å²) >= 11 is 0. The van der Waals surface area contributed by atoms with Gasteiger partial charge >= 0.3 is 5.97 Å². The second kappa shape index (κ2) is 10.5. The maximum atomic E-state index is 13.1. The van der Waals surface area contributed by atoms with Crippen LogP contribution < -0.4 is 10.0 Å². The van der Waals surface area contributed by atoms with Crippen molar-refractivity contribution in [3.05, 3.63) is 108 Å². The van der Waals surface area contributed by atoms with Crippen LogP contribution in [0.15, 0.2) is 95.9 Å². The van der Waals surface area contributed by atoms with Crippen molar-refractivity contribution in [1.82, 2.24) is 0 Å². The zero-order chi connectivity index (χ0) is 26.6. The number of anilines is 2. The first-order valence-electron chi connectivity index (χ1n) is 10.9. The SMILES string of the molecule is COC(=O)c1cccc(-c2ccc(C(=O)Nc3ccc(O)c(NS(=O)(=O)c4ccc(F)cc4)c3)cc2)c1. The molecule has 3 N–H and O–H groups in total. The van der Waals surface area contributed by atoms with E-state index in [0.29, 0.717) is 11.1 Å². The molecule has 0 atom stereocenters. The highest BCUT2D eigenvalue weighted by atomic mass is 32.2. The summed E-state index contributed by atoms with van der Waals surface area (Å²) in [5.41, 5.74) is 2.35. The lowest BCUT2D eigenvalue weighted by Crippen LogP contribution is -2.14. The zero-order valence-corrected chi connectivity index (χ0v) is 20.3. The number of hydrogen-bond acceptors (Lipinski definition) is 6. The number of phenols is 1. The number of amides is 1. The first kappa shape index (κ1) is 25.4. The molecule has 0 unspecified atom stereocenters. The molecule has 0 fully saturated rings. The number of hydrogen-bond donors (Lipinski definition) is 3. The van der Waals surface area contributed by atoms with Crippen molar-refractivity contribution in [2.24, 2.45) is 0 Å². The van der Waals surface area contributed by atoms with E-state index in [1.165, 1.54) is 25.3 Å². The van der Waals surface area contributed by atoms with Crippen molar-refractivity contribution in [3.8, 4) is 16.9 Å². The van der Waals surface area contributed by atoms with Crippen LogP contribution in [0.2, 0.25) is 0 Å². The Morgan fingerprint density at radius 2 is 1.54 bits per heavy atom. The number of halogens is 1. The lowest BCUT2D eigenvalue weighted by atomic mass is 10.0. The normalized spacial score (nSPS) is 11.0. The number of rotatable bonds is 7. The Labute approximate surface area is 212 Å². The minimum absolute atomic E-state index is 0.164. The minimum Gasteiger partial charge on any atom is -0.506 e. The van der Waals surface area contributed by atoms with Gasteiger partial charge in [-0.1, -0.05) is 24.3 Å². The van der Waals surface area contributed by atoms with Crippen LogP contribution in [0.4, 0.5) is 15.8 Å². The molecule has 10 heteroatoms. The predicted molar refractivity (Wildman–Crippen MR) is 136 cm³/mol. The van der Waals surface area contributed by atoms with Crippen LogP contribution in [0.1, 0.15) is 20.7 Å². The van der Waals surface area contributed by atoms with Crippen LogP contribution >= 0.6 is 0 Å². The second-order valence-electron chi connectivity index (χ2n) is 7.90. The maximum Gasteiger partial charge on any atom is 0.337 e. The fourth-order valence-electron chi connectivity index (χ4n) is 3.47.